The van der Waals surface area contributed by atoms with E-state index in [1.165, 1.54) is 12.1 Å². The summed E-state index contributed by atoms with van der Waals surface area (Å²) in [5.74, 6) is -1.17. The van der Waals surface area contributed by atoms with Crippen LogP contribution in [0.15, 0.2) is 18.2 Å². The number of piperidine rings is 1. The third-order valence-corrected chi connectivity index (χ3v) is 4.49. The van der Waals surface area contributed by atoms with Crippen LogP contribution in [0.4, 0.5) is 4.39 Å². The van der Waals surface area contributed by atoms with Crippen molar-refractivity contribution in [3.63, 3.8) is 0 Å². The second kappa shape index (κ2) is 5.61. The summed E-state index contributed by atoms with van der Waals surface area (Å²) in [7, 11) is 0. The molecule has 5 nitrogen and oxygen atoms in total. The summed E-state index contributed by atoms with van der Waals surface area (Å²) in [4.78, 5) is 28.3. The first-order valence-corrected chi connectivity index (χ1v) is 7.40. The molecule has 3 rings (SSSR count). The highest BCUT2D eigenvalue weighted by atomic mass is 35.5. The molecule has 0 spiro atoms. The Morgan fingerprint density at radius 3 is 2.64 bits per heavy atom. The van der Waals surface area contributed by atoms with Crippen LogP contribution in [0.1, 0.15) is 23.3 Å². The van der Waals surface area contributed by atoms with Crippen LogP contribution in [0.5, 0.6) is 0 Å². The lowest BCUT2D eigenvalue weighted by Crippen LogP contribution is -2.41. The highest BCUT2D eigenvalue weighted by molar-refractivity contribution is 6.38. The summed E-state index contributed by atoms with van der Waals surface area (Å²) in [6.07, 6.45) is 1.10. The van der Waals surface area contributed by atoms with E-state index in [9.17, 15) is 14.0 Å². The number of likely N-dealkylation sites (tertiary alicyclic amines) is 1. The first-order valence-electron chi connectivity index (χ1n) is 7.02. The highest BCUT2D eigenvalue weighted by Crippen LogP contribution is 2.30. The van der Waals surface area contributed by atoms with Gasteiger partial charge in [-0.2, -0.15) is 0 Å². The van der Waals surface area contributed by atoms with Crippen molar-refractivity contribution in [3.8, 4) is 0 Å². The molecule has 7 heteroatoms. The van der Waals surface area contributed by atoms with Crippen molar-refractivity contribution in [2.75, 3.05) is 13.1 Å². The number of aromatic nitrogens is 1. The highest BCUT2D eigenvalue weighted by Gasteiger charge is 2.28. The Morgan fingerprint density at radius 1 is 1.32 bits per heavy atom. The average Bonchev–Trinajstić information content (AvgIpc) is 2.83. The van der Waals surface area contributed by atoms with Gasteiger partial charge in [0.2, 0.25) is 5.91 Å². The molecule has 0 bridgehead atoms. The van der Waals surface area contributed by atoms with E-state index in [0.717, 1.165) is 0 Å². The van der Waals surface area contributed by atoms with Crippen molar-refractivity contribution in [2.45, 2.75) is 12.8 Å². The summed E-state index contributed by atoms with van der Waals surface area (Å²) in [5.41, 5.74) is 6.15. The third kappa shape index (κ3) is 2.54. The zero-order valence-electron chi connectivity index (χ0n) is 11.7. The lowest BCUT2D eigenvalue weighted by atomic mass is 9.96. The number of aromatic amines is 1. The Morgan fingerprint density at radius 2 is 2.00 bits per heavy atom. The number of rotatable bonds is 2. The monoisotopic (exact) mass is 323 g/mol. The molecule has 0 saturated carbocycles. The zero-order chi connectivity index (χ0) is 15.9. The minimum absolute atomic E-state index is 0.184. The Kier molecular flexibility index (Phi) is 3.78. The van der Waals surface area contributed by atoms with E-state index < -0.39 is 5.82 Å². The third-order valence-electron chi connectivity index (χ3n) is 4.10. The lowest BCUT2D eigenvalue weighted by Gasteiger charge is -2.30. The predicted octanol–water partition coefficient (Wildman–Crippen LogP) is 2.30. The van der Waals surface area contributed by atoms with Gasteiger partial charge in [0.15, 0.2) is 0 Å². The molecule has 1 aliphatic rings. The van der Waals surface area contributed by atoms with Crippen molar-refractivity contribution in [3.05, 3.63) is 34.7 Å². The fourth-order valence-corrected chi connectivity index (χ4v) is 3.09. The number of H-pyrrole nitrogens is 1. The van der Waals surface area contributed by atoms with Gasteiger partial charge in [0.25, 0.3) is 5.91 Å². The van der Waals surface area contributed by atoms with E-state index in [2.05, 4.69) is 4.98 Å². The molecular formula is C15H15ClFN3O2. The van der Waals surface area contributed by atoms with Crippen molar-refractivity contribution >= 4 is 34.3 Å². The maximum absolute atomic E-state index is 13.3. The average molecular weight is 324 g/mol. The number of fused-ring (bicyclic) bond motifs is 1. The quantitative estimate of drug-likeness (QED) is 0.889. The van der Waals surface area contributed by atoms with Crippen LogP contribution in [-0.4, -0.2) is 34.8 Å². The normalized spacial score (nSPS) is 16.2. The maximum atomic E-state index is 13.3. The van der Waals surface area contributed by atoms with E-state index in [4.69, 9.17) is 17.3 Å². The van der Waals surface area contributed by atoms with Crippen LogP contribution in [-0.2, 0) is 4.79 Å². The molecule has 1 saturated heterocycles. The van der Waals surface area contributed by atoms with Gasteiger partial charge in [-0.1, -0.05) is 11.6 Å². The number of benzene rings is 1. The molecule has 0 radical (unpaired) electrons. The number of carbonyl (C=O) groups excluding carboxylic acids is 2. The number of nitrogens with zero attached hydrogens (tertiary/aromatic N) is 1. The molecule has 0 atom stereocenters. The van der Waals surface area contributed by atoms with Gasteiger partial charge in [-0.25, -0.2) is 4.39 Å². The molecule has 1 aromatic heterocycles. The molecule has 1 aliphatic heterocycles. The predicted molar refractivity (Wildman–Crippen MR) is 81.1 cm³/mol. The van der Waals surface area contributed by atoms with E-state index >= 15 is 0 Å². The summed E-state index contributed by atoms with van der Waals surface area (Å²) in [5, 5.41) is 0.702. The Balaban J connectivity index is 1.84. The summed E-state index contributed by atoms with van der Waals surface area (Å²) < 4.78 is 13.3. The van der Waals surface area contributed by atoms with Crippen molar-refractivity contribution in [1.29, 1.82) is 0 Å². The topological polar surface area (TPSA) is 79.2 Å². The summed E-state index contributed by atoms with van der Waals surface area (Å²) in [6, 6.07) is 4.15. The maximum Gasteiger partial charge on any atom is 0.271 e. The van der Waals surface area contributed by atoms with Crippen LogP contribution in [0.25, 0.3) is 10.9 Å². The standard InChI is InChI=1S/C15H15ClFN3O2/c16-12-10-7-9(17)1-2-11(10)19-13(12)15(22)20-5-3-8(4-6-20)14(18)21/h1-2,7-8,19H,3-6H2,(H2,18,21). The molecule has 2 amide bonds. The van der Waals surface area contributed by atoms with Crippen LogP contribution in [0, 0.1) is 11.7 Å². The van der Waals surface area contributed by atoms with Gasteiger partial charge in [0, 0.05) is 29.9 Å². The molecule has 0 unspecified atom stereocenters. The first kappa shape index (κ1) is 14.8. The minimum Gasteiger partial charge on any atom is -0.369 e. The molecule has 2 heterocycles. The summed E-state index contributed by atoms with van der Waals surface area (Å²) >= 11 is 6.20. The molecule has 0 aliphatic carbocycles. The molecule has 2 aromatic rings. The zero-order valence-corrected chi connectivity index (χ0v) is 12.5. The van der Waals surface area contributed by atoms with Crippen LogP contribution >= 0.6 is 11.6 Å². The van der Waals surface area contributed by atoms with E-state index in [0.29, 0.717) is 36.8 Å². The van der Waals surface area contributed by atoms with Gasteiger partial charge in [0.1, 0.15) is 11.5 Å². The van der Waals surface area contributed by atoms with Gasteiger partial charge in [-0.15, -0.1) is 0 Å². The van der Waals surface area contributed by atoms with Crippen LogP contribution < -0.4 is 5.73 Å². The molecule has 116 valence electrons. The van der Waals surface area contributed by atoms with Crippen LogP contribution in [0.2, 0.25) is 5.02 Å². The number of primary amides is 1. The smallest absolute Gasteiger partial charge is 0.271 e. The largest absolute Gasteiger partial charge is 0.369 e. The number of nitrogens with one attached hydrogen (secondary N) is 1. The fourth-order valence-electron chi connectivity index (χ4n) is 2.80. The Bertz CT molecular complexity index is 751. The number of nitrogens with two attached hydrogens (primary N) is 1. The SMILES string of the molecule is NC(=O)C1CCN(C(=O)c2[nH]c3ccc(F)cc3c2Cl)CC1. The van der Waals surface area contributed by atoms with Crippen molar-refractivity contribution in [1.82, 2.24) is 9.88 Å². The van der Waals surface area contributed by atoms with Crippen molar-refractivity contribution in [2.24, 2.45) is 11.7 Å². The fraction of sp³-hybridized carbons (Fsp3) is 0.333. The Labute approximate surface area is 131 Å². The van der Waals surface area contributed by atoms with E-state index in [-0.39, 0.29) is 28.4 Å². The van der Waals surface area contributed by atoms with Crippen molar-refractivity contribution < 1.29 is 14.0 Å². The lowest BCUT2D eigenvalue weighted by molar-refractivity contribution is -0.123. The molecule has 1 fully saturated rings. The second-order valence-electron chi connectivity index (χ2n) is 5.47. The molecule has 1 aromatic carbocycles. The second-order valence-corrected chi connectivity index (χ2v) is 5.85. The molecule has 3 N–H and O–H groups in total. The van der Waals surface area contributed by atoms with Gasteiger partial charge in [-0.3, -0.25) is 9.59 Å². The molecular weight excluding hydrogens is 309 g/mol. The van der Waals surface area contributed by atoms with Crippen LogP contribution in [0.3, 0.4) is 0 Å². The van der Waals surface area contributed by atoms with E-state index in [1.807, 2.05) is 0 Å². The minimum atomic E-state index is -0.408. The summed E-state index contributed by atoms with van der Waals surface area (Å²) in [6.45, 7) is 0.902. The molecule has 22 heavy (non-hydrogen) atoms. The number of hydrogen-bond donors (Lipinski definition) is 2. The van der Waals surface area contributed by atoms with E-state index in [1.54, 1.807) is 11.0 Å². The number of carbonyl (C=O) groups is 2. The number of amides is 2. The van der Waals surface area contributed by atoms with Gasteiger partial charge in [-0.05, 0) is 31.0 Å². The number of halogens is 2. The number of hydrogen-bond acceptors (Lipinski definition) is 2. The Hall–Kier alpha value is -2.08. The first-order chi connectivity index (χ1) is 10.5. The van der Waals surface area contributed by atoms with Gasteiger partial charge >= 0.3 is 0 Å². The van der Waals surface area contributed by atoms with Gasteiger partial charge in [0.05, 0.1) is 5.02 Å². The van der Waals surface area contributed by atoms with Gasteiger partial charge < -0.3 is 15.6 Å².